The number of hydrogen-bond acceptors (Lipinski definition) is 4. The van der Waals surface area contributed by atoms with Gasteiger partial charge in [-0.2, -0.15) is 0 Å². The molecule has 0 radical (unpaired) electrons. The smallest absolute Gasteiger partial charge is 0.256 e. The fourth-order valence-electron chi connectivity index (χ4n) is 4.49. The minimum Gasteiger partial charge on any atom is -0.342 e. The Balaban J connectivity index is 1.50. The second-order valence-corrected chi connectivity index (χ2v) is 9.37. The first-order valence-electron chi connectivity index (χ1n) is 10.6. The molecule has 29 heavy (non-hydrogen) atoms. The van der Waals surface area contributed by atoms with E-state index in [4.69, 9.17) is 0 Å². The van der Waals surface area contributed by atoms with Gasteiger partial charge in [0, 0.05) is 24.4 Å². The number of nitrogens with one attached hydrogen (secondary N) is 1. The van der Waals surface area contributed by atoms with Crippen molar-refractivity contribution in [1.82, 2.24) is 15.1 Å². The number of fused-ring (bicyclic) bond motifs is 3. The molecule has 1 aromatic rings. The summed E-state index contributed by atoms with van der Waals surface area (Å²) in [6.45, 7) is 5.58. The number of amides is 3. The summed E-state index contributed by atoms with van der Waals surface area (Å²) in [4.78, 5) is 42.9. The maximum atomic E-state index is 13.2. The first-order chi connectivity index (χ1) is 14.0. The highest BCUT2D eigenvalue weighted by Gasteiger charge is 2.49. The zero-order valence-electron chi connectivity index (χ0n) is 17.1. The van der Waals surface area contributed by atoms with Gasteiger partial charge in [-0.15, -0.1) is 11.8 Å². The average molecular weight is 416 g/mol. The molecule has 0 saturated carbocycles. The third-order valence-electron chi connectivity index (χ3n) is 6.44. The highest BCUT2D eigenvalue weighted by molar-refractivity contribution is 7.99. The molecule has 4 rings (SSSR count). The molecule has 0 aliphatic carbocycles. The lowest BCUT2D eigenvalue weighted by atomic mass is 9.96. The van der Waals surface area contributed by atoms with E-state index in [2.05, 4.69) is 5.32 Å². The minimum absolute atomic E-state index is 0.0191. The molecule has 6 nitrogen and oxygen atoms in total. The Morgan fingerprint density at radius 1 is 1.21 bits per heavy atom. The second kappa shape index (κ2) is 8.38. The number of nitrogens with zero attached hydrogens (tertiary/aromatic N) is 2. The number of rotatable bonds is 5. The number of likely N-dealkylation sites (tertiary alicyclic amines) is 1. The Hall–Kier alpha value is -2.02. The summed E-state index contributed by atoms with van der Waals surface area (Å²) in [6.07, 6.45) is 4.01. The molecule has 0 aromatic heterocycles. The summed E-state index contributed by atoms with van der Waals surface area (Å²) in [6, 6.07) is 6.51. The lowest BCUT2D eigenvalue weighted by molar-refractivity contribution is -0.139. The van der Waals surface area contributed by atoms with Crippen LogP contribution in [-0.4, -0.2) is 58.4 Å². The van der Waals surface area contributed by atoms with Crippen molar-refractivity contribution in [2.24, 2.45) is 5.92 Å². The molecule has 1 aromatic carbocycles. The van der Waals surface area contributed by atoms with E-state index in [1.807, 2.05) is 43.0 Å². The van der Waals surface area contributed by atoms with Crippen LogP contribution < -0.4 is 5.32 Å². The van der Waals surface area contributed by atoms with E-state index >= 15 is 0 Å². The Kier molecular flexibility index (Phi) is 5.86. The van der Waals surface area contributed by atoms with Gasteiger partial charge in [-0.1, -0.05) is 38.5 Å². The van der Waals surface area contributed by atoms with Gasteiger partial charge < -0.3 is 15.1 Å². The van der Waals surface area contributed by atoms with E-state index in [-0.39, 0.29) is 29.0 Å². The fourth-order valence-corrected chi connectivity index (χ4v) is 5.95. The molecule has 0 bridgehead atoms. The van der Waals surface area contributed by atoms with Crippen molar-refractivity contribution in [3.63, 3.8) is 0 Å². The molecule has 2 unspecified atom stereocenters. The zero-order chi connectivity index (χ0) is 20.5. The van der Waals surface area contributed by atoms with Crippen LogP contribution in [0.1, 0.15) is 60.8 Å². The zero-order valence-corrected chi connectivity index (χ0v) is 17.9. The predicted molar refractivity (Wildman–Crippen MR) is 113 cm³/mol. The number of carbonyl (C=O) groups excluding carboxylic acids is 3. The largest absolute Gasteiger partial charge is 0.342 e. The lowest BCUT2D eigenvalue weighted by Gasteiger charge is -2.34. The van der Waals surface area contributed by atoms with Crippen LogP contribution in [0.5, 0.6) is 0 Å². The number of hydrogen-bond donors (Lipinski definition) is 1. The number of carbonyl (C=O) groups is 3. The number of thioether (sulfide) groups is 1. The highest BCUT2D eigenvalue weighted by Crippen LogP contribution is 2.48. The van der Waals surface area contributed by atoms with Gasteiger partial charge in [0.15, 0.2) is 0 Å². The van der Waals surface area contributed by atoms with E-state index in [1.165, 1.54) is 0 Å². The highest BCUT2D eigenvalue weighted by atomic mass is 32.2. The van der Waals surface area contributed by atoms with Crippen molar-refractivity contribution < 1.29 is 14.4 Å². The first kappa shape index (κ1) is 20.3. The number of benzene rings is 1. The first-order valence-corrected chi connectivity index (χ1v) is 11.7. The van der Waals surface area contributed by atoms with Crippen LogP contribution >= 0.6 is 11.8 Å². The van der Waals surface area contributed by atoms with Crippen molar-refractivity contribution in [2.45, 2.75) is 57.0 Å². The summed E-state index contributed by atoms with van der Waals surface area (Å²) in [5.74, 6) is 0.326. The van der Waals surface area contributed by atoms with Gasteiger partial charge in [0.05, 0.1) is 0 Å². The maximum Gasteiger partial charge on any atom is 0.256 e. The molecule has 2 fully saturated rings. The van der Waals surface area contributed by atoms with Crippen LogP contribution in [0.2, 0.25) is 0 Å². The van der Waals surface area contributed by atoms with Gasteiger partial charge in [0.1, 0.15) is 17.5 Å². The van der Waals surface area contributed by atoms with Crippen molar-refractivity contribution in [3.05, 3.63) is 35.4 Å². The molecule has 2 saturated heterocycles. The summed E-state index contributed by atoms with van der Waals surface area (Å²) in [5.41, 5.74) is 1.67. The summed E-state index contributed by atoms with van der Waals surface area (Å²) >= 11 is 1.62. The van der Waals surface area contributed by atoms with Crippen molar-refractivity contribution in [3.8, 4) is 0 Å². The van der Waals surface area contributed by atoms with Crippen LogP contribution in [0, 0.1) is 5.92 Å². The van der Waals surface area contributed by atoms with Crippen LogP contribution in [0.15, 0.2) is 24.3 Å². The third kappa shape index (κ3) is 3.65. The second-order valence-electron chi connectivity index (χ2n) is 8.26. The van der Waals surface area contributed by atoms with E-state index < -0.39 is 12.1 Å². The molecule has 1 N–H and O–H groups in total. The minimum atomic E-state index is -0.536. The van der Waals surface area contributed by atoms with Gasteiger partial charge in [0.2, 0.25) is 11.8 Å². The molecular formula is C22H29N3O3S. The van der Waals surface area contributed by atoms with Crippen LogP contribution in [0.4, 0.5) is 0 Å². The van der Waals surface area contributed by atoms with E-state index in [9.17, 15) is 14.4 Å². The van der Waals surface area contributed by atoms with Gasteiger partial charge in [-0.05, 0) is 36.8 Å². The van der Waals surface area contributed by atoms with Crippen LogP contribution in [-0.2, 0) is 9.59 Å². The molecular weight excluding hydrogens is 386 g/mol. The maximum absolute atomic E-state index is 13.2. The Bertz CT molecular complexity index is 808. The lowest BCUT2D eigenvalue weighted by Crippen LogP contribution is -2.56. The standard InChI is InChI=1S/C22H29N3O3S/c1-3-14(2)18(21(28)24-11-7-4-8-12-24)23-19(26)17-13-29-22-16-10-6-5-9-15(16)20(27)25(17)22/h5-6,9-10,14,17-18,22H,3-4,7-8,11-13H2,1-2H3,(H,23,26)/t14?,17-,18-,22?/m0/s1. The van der Waals surface area contributed by atoms with Crippen LogP contribution in [0.25, 0.3) is 0 Å². The Morgan fingerprint density at radius 2 is 1.93 bits per heavy atom. The topological polar surface area (TPSA) is 69.7 Å². The molecule has 3 aliphatic heterocycles. The van der Waals surface area contributed by atoms with E-state index in [1.54, 1.807) is 16.7 Å². The normalized spacial score (nSPS) is 25.4. The number of piperidine rings is 1. The monoisotopic (exact) mass is 415 g/mol. The molecule has 7 heteroatoms. The van der Waals surface area contributed by atoms with E-state index in [0.717, 1.165) is 44.3 Å². The van der Waals surface area contributed by atoms with Crippen molar-refractivity contribution in [1.29, 1.82) is 0 Å². The summed E-state index contributed by atoms with van der Waals surface area (Å²) in [7, 11) is 0. The Labute approximate surface area is 176 Å². The van der Waals surface area contributed by atoms with Crippen molar-refractivity contribution in [2.75, 3.05) is 18.8 Å². The van der Waals surface area contributed by atoms with E-state index in [0.29, 0.717) is 11.3 Å². The Morgan fingerprint density at radius 3 is 2.66 bits per heavy atom. The fraction of sp³-hybridized carbons (Fsp3) is 0.591. The molecule has 156 valence electrons. The van der Waals surface area contributed by atoms with Gasteiger partial charge in [-0.25, -0.2) is 0 Å². The molecule has 3 aliphatic rings. The predicted octanol–water partition coefficient (Wildman–Crippen LogP) is 2.80. The van der Waals surface area contributed by atoms with Gasteiger partial charge in [-0.3, -0.25) is 14.4 Å². The molecule has 3 heterocycles. The summed E-state index contributed by atoms with van der Waals surface area (Å²) in [5, 5.41) is 2.93. The third-order valence-corrected chi connectivity index (χ3v) is 7.74. The molecule has 3 amide bonds. The SMILES string of the molecule is CCC(C)[C@H](NC(=O)[C@@H]1CSC2c3ccccc3C(=O)N21)C(=O)N1CCCCC1. The molecule has 4 atom stereocenters. The molecule has 0 spiro atoms. The van der Waals surface area contributed by atoms with Gasteiger partial charge in [0.25, 0.3) is 5.91 Å². The van der Waals surface area contributed by atoms with Crippen LogP contribution in [0.3, 0.4) is 0 Å². The summed E-state index contributed by atoms with van der Waals surface area (Å²) < 4.78 is 0. The average Bonchev–Trinajstić information content (AvgIpc) is 3.32. The van der Waals surface area contributed by atoms with Crippen molar-refractivity contribution >= 4 is 29.5 Å². The van der Waals surface area contributed by atoms with Gasteiger partial charge >= 0.3 is 0 Å². The quantitative estimate of drug-likeness (QED) is 0.803.